The zero-order valence-electron chi connectivity index (χ0n) is 11.1. The largest absolute Gasteiger partial charge is 0.481 e. The second kappa shape index (κ2) is 4.20. The van der Waals surface area contributed by atoms with Crippen molar-refractivity contribution < 1.29 is 19.4 Å². The molecule has 17 heavy (non-hydrogen) atoms. The standard InChI is InChI=1S/C12H21NO4/c1-11(2,3)17-10(16)13(5)7-12(4)6-8(12)9(14)15/h8H,6-7H2,1-5H3,(H,14,15)/t8?,12-/m0/s1. The summed E-state index contributed by atoms with van der Waals surface area (Å²) in [6.07, 6.45) is 0.213. The Labute approximate surface area is 102 Å². The Morgan fingerprint density at radius 2 is 2.00 bits per heavy atom. The molecule has 98 valence electrons. The number of hydrogen-bond donors (Lipinski definition) is 1. The highest BCUT2D eigenvalue weighted by Crippen LogP contribution is 2.52. The van der Waals surface area contributed by atoms with Gasteiger partial charge in [0.2, 0.25) is 0 Å². The van der Waals surface area contributed by atoms with E-state index in [0.29, 0.717) is 13.0 Å². The molecule has 0 spiro atoms. The number of aliphatic carboxylic acids is 1. The molecule has 1 fully saturated rings. The van der Waals surface area contributed by atoms with E-state index in [1.54, 1.807) is 27.8 Å². The van der Waals surface area contributed by atoms with Crippen LogP contribution in [0.3, 0.4) is 0 Å². The van der Waals surface area contributed by atoms with E-state index in [4.69, 9.17) is 9.84 Å². The molecule has 1 saturated carbocycles. The van der Waals surface area contributed by atoms with Crippen LogP contribution in [0.5, 0.6) is 0 Å². The van der Waals surface area contributed by atoms with Crippen molar-refractivity contribution in [1.29, 1.82) is 0 Å². The molecule has 1 aliphatic rings. The van der Waals surface area contributed by atoms with E-state index in [0.717, 1.165) is 0 Å². The van der Waals surface area contributed by atoms with Gasteiger partial charge in [-0.05, 0) is 32.6 Å². The second-order valence-electron chi connectivity index (χ2n) is 6.09. The van der Waals surface area contributed by atoms with Crippen molar-refractivity contribution in [1.82, 2.24) is 4.90 Å². The van der Waals surface area contributed by atoms with Crippen LogP contribution >= 0.6 is 0 Å². The topological polar surface area (TPSA) is 66.8 Å². The van der Waals surface area contributed by atoms with E-state index in [1.807, 2.05) is 6.92 Å². The minimum Gasteiger partial charge on any atom is -0.481 e. The van der Waals surface area contributed by atoms with Crippen LogP contribution in [0.15, 0.2) is 0 Å². The minimum absolute atomic E-state index is 0.308. The van der Waals surface area contributed by atoms with E-state index in [-0.39, 0.29) is 11.3 Å². The smallest absolute Gasteiger partial charge is 0.410 e. The average Bonchev–Trinajstić information content (AvgIpc) is 2.74. The summed E-state index contributed by atoms with van der Waals surface area (Å²) in [5, 5.41) is 8.89. The Morgan fingerprint density at radius 3 is 2.35 bits per heavy atom. The van der Waals surface area contributed by atoms with Gasteiger partial charge in [-0.1, -0.05) is 6.92 Å². The Bertz CT molecular complexity index is 334. The molecule has 0 heterocycles. The first kappa shape index (κ1) is 13.8. The third-order valence-corrected chi connectivity index (χ3v) is 2.95. The Hall–Kier alpha value is -1.26. The summed E-state index contributed by atoms with van der Waals surface area (Å²) in [7, 11) is 1.64. The summed E-state index contributed by atoms with van der Waals surface area (Å²) in [4.78, 5) is 24.0. The molecule has 1 aliphatic carbocycles. The third kappa shape index (κ3) is 3.61. The molecule has 2 atom stereocenters. The van der Waals surface area contributed by atoms with E-state index in [2.05, 4.69) is 0 Å². The maximum absolute atomic E-state index is 11.7. The van der Waals surface area contributed by atoms with Crippen molar-refractivity contribution in [3.63, 3.8) is 0 Å². The van der Waals surface area contributed by atoms with Crippen LogP contribution in [-0.4, -0.2) is 41.3 Å². The monoisotopic (exact) mass is 243 g/mol. The van der Waals surface area contributed by atoms with Gasteiger partial charge >= 0.3 is 12.1 Å². The van der Waals surface area contributed by atoms with Crippen LogP contribution in [0.4, 0.5) is 4.79 Å². The van der Waals surface area contributed by atoms with Gasteiger partial charge in [0.05, 0.1) is 5.92 Å². The molecule has 0 aromatic carbocycles. The fraction of sp³-hybridized carbons (Fsp3) is 0.833. The summed E-state index contributed by atoms with van der Waals surface area (Å²) in [6.45, 7) is 7.71. The van der Waals surface area contributed by atoms with Gasteiger partial charge in [-0.2, -0.15) is 0 Å². The van der Waals surface area contributed by atoms with E-state index < -0.39 is 17.7 Å². The van der Waals surface area contributed by atoms with Gasteiger partial charge < -0.3 is 14.7 Å². The van der Waals surface area contributed by atoms with Crippen LogP contribution in [0, 0.1) is 11.3 Å². The molecule has 1 unspecified atom stereocenters. The van der Waals surface area contributed by atoms with Gasteiger partial charge in [0.1, 0.15) is 5.60 Å². The summed E-state index contributed by atoms with van der Waals surface area (Å²) in [6, 6.07) is 0. The first-order valence-corrected chi connectivity index (χ1v) is 5.72. The number of carboxylic acids is 1. The number of carbonyl (C=O) groups is 2. The Morgan fingerprint density at radius 1 is 1.47 bits per heavy atom. The van der Waals surface area contributed by atoms with E-state index >= 15 is 0 Å². The van der Waals surface area contributed by atoms with Gasteiger partial charge in [0, 0.05) is 13.6 Å². The van der Waals surface area contributed by atoms with Crippen LogP contribution < -0.4 is 0 Å². The first-order chi connectivity index (χ1) is 7.55. The number of amides is 1. The highest BCUT2D eigenvalue weighted by Gasteiger charge is 2.55. The number of carbonyl (C=O) groups excluding carboxylic acids is 1. The Kier molecular flexibility index (Phi) is 3.41. The van der Waals surface area contributed by atoms with E-state index in [1.165, 1.54) is 4.90 Å². The lowest BCUT2D eigenvalue weighted by atomic mass is 10.1. The van der Waals surface area contributed by atoms with Crippen LogP contribution in [-0.2, 0) is 9.53 Å². The van der Waals surface area contributed by atoms with Crippen LogP contribution in [0.1, 0.15) is 34.1 Å². The van der Waals surface area contributed by atoms with Crippen molar-refractivity contribution in [3.8, 4) is 0 Å². The Balaban J connectivity index is 2.48. The van der Waals surface area contributed by atoms with Crippen molar-refractivity contribution in [2.24, 2.45) is 11.3 Å². The van der Waals surface area contributed by atoms with Gasteiger partial charge in [-0.25, -0.2) is 4.79 Å². The maximum Gasteiger partial charge on any atom is 0.410 e. The molecule has 5 nitrogen and oxygen atoms in total. The summed E-state index contributed by atoms with van der Waals surface area (Å²) in [5.41, 5.74) is -0.834. The SMILES string of the molecule is CN(C[C@]1(C)CC1C(=O)O)C(=O)OC(C)(C)C. The molecule has 5 heteroatoms. The molecule has 1 N–H and O–H groups in total. The van der Waals surface area contributed by atoms with Gasteiger partial charge in [0.25, 0.3) is 0 Å². The van der Waals surface area contributed by atoms with Crippen LogP contribution in [0.25, 0.3) is 0 Å². The van der Waals surface area contributed by atoms with Crippen LogP contribution in [0.2, 0.25) is 0 Å². The molecule has 0 saturated heterocycles. The van der Waals surface area contributed by atoms with Gasteiger partial charge in [0.15, 0.2) is 0 Å². The predicted octanol–water partition coefficient (Wildman–Crippen LogP) is 1.96. The van der Waals surface area contributed by atoms with Crippen molar-refractivity contribution >= 4 is 12.1 Å². The molecule has 0 aromatic rings. The fourth-order valence-electron chi connectivity index (χ4n) is 1.91. The molecule has 0 aliphatic heterocycles. The fourth-order valence-corrected chi connectivity index (χ4v) is 1.91. The van der Waals surface area contributed by atoms with Gasteiger partial charge in [-0.15, -0.1) is 0 Å². The molecule has 1 amide bonds. The number of ether oxygens (including phenoxy) is 1. The zero-order valence-corrected chi connectivity index (χ0v) is 11.1. The average molecular weight is 243 g/mol. The normalized spacial score (nSPS) is 27.5. The lowest BCUT2D eigenvalue weighted by Gasteiger charge is -2.26. The van der Waals surface area contributed by atoms with Crippen molar-refractivity contribution in [2.45, 2.75) is 39.7 Å². The highest BCUT2D eigenvalue weighted by molar-refractivity contribution is 5.75. The van der Waals surface area contributed by atoms with Gasteiger partial charge in [-0.3, -0.25) is 4.79 Å². The second-order valence-corrected chi connectivity index (χ2v) is 6.09. The maximum atomic E-state index is 11.7. The lowest BCUT2D eigenvalue weighted by molar-refractivity contribution is -0.139. The number of carboxylic acid groups (broad SMARTS) is 1. The summed E-state index contributed by atoms with van der Waals surface area (Å²) < 4.78 is 5.21. The highest BCUT2D eigenvalue weighted by atomic mass is 16.6. The lowest BCUT2D eigenvalue weighted by Crippen LogP contribution is -2.37. The summed E-state index contributed by atoms with van der Waals surface area (Å²) in [5.74, 6) is -1.13. The van der Waals surface area contributed by atoms with Crippen molar-refractivity contribution in [2.75, 3.05) is 13.6 Å². The number of hydrogen-bond acceptors (Lipinski definition) is 3. The number of nitrogens with zero attached hydrogens (tertiary/aromatic N) is 1. The zero-order chi connectivity index (χ0) is 13.4. The predicted molar refractivity (Wildman–Crippen MR) is 62.7 cm³/mol. The van der Waals surface area contributed by atoms with E-state index in [9.17, 15) is 9.59 Å². The third-order valence-electron chi connectivity index (χ3n) is 2.95. The first-order valence-electron chi connectivity index (χ1n) is 5.72. The molecule has 0 aromatic heterocycles. The molecular formula is C12H21NO4. The molecule has 0 bridgehead atoms. The molecule has 1 rings (SSSR count). The number of rotatable bonds is 3. The molecule has 0 radical (unpaired) electrons. The quantitative estimate of drug-likeness (QED) is 0.822. The summed E-state index contributed by atoms with van der Waals surface area (Å²) >= 11 is 0. The minimum atomic E-state index is -0.787. The van der Waals surface area contributed by atoms with Crippen molar-refractivity contribution in [3.05, 3.63) is 0 Å². The molecular weight excluding hydrogens is 222 g/mol.